The van der Waals surface area contributed by atoms with Crippen LogP contribution >= 0.6 is 27.3 Å². The van der Waals surface area contributed by atoms with Crippen LogP contribution in [0.2, 0.25) is 0 Å². The molecule has 5 rings (SSSR count). The molecule has 2 aliphatic carbocycles. The van der Waals surface area contributed by atoms with E-state index in [0.717, 1.165) is 34.3 Å². The summed E-state index contributed by atoms with van der Waals surface area (Å²) in [5.74, 6) is -0.112. The Morgan fingerprint density at radius 1 is 1.06 bits per heavy atom. The van der Waals surface area contributed by atoms with Gasteiger partial charge in [-0.25, -0.2) is 13.1 Å². The quantitative estimate of drug-likeness (QED) is 0.535. The van der Waals surface area contributed by atoms with Crippen LogP contribution in [-0.4, -0.2) is 26.4 Å². The van der Waals surface area contributed by atoms with Crippen molar-refractivity contribution in [2.75, 3.05) is 11.4 Å². The lowest BCUT2D eigenvalue weighted by Crippen LogP contribution is -2.40. The molecular weight excluding hydrogens is 508 g/mol. The van der Waals surface area contributed by atoms with Crippen LogP contribution in [0.1, 0.15) is 74.5 Å². The van der Waals surface area contributed by atoms with Crippen molar-refractivity contribution in [3.63, 3.8) is 0 Å². The lowest BCUT2D eigenvalue weighted by molar-refractivity contribution is 0.0984. The Labute approximate surface area is 202 Å². The highest BCUT2D eigenvalue weighted by Gasteiger charge is 2.53. The molecule has 1 amide bonds. The first-order valence-electron chi connectivity index (χ1n) is 11.2. The molecule has 0 radical (unpaired) electrons. The number of benzene rings is 1. The topological polar surface area (TPSA) is 66.5 Å². The largest absolute Gasteiger partial charge is 0.306 e. The predicted octanol–water partition coefficient (Wildman–Crippen LogP) is 5.84. The van der Waals surface area contributed by atoms with Gasteiger partial charge >= 0.3 is 0 Å². The summed E-state index contributed by atoms with van der Waals surface area (Å²) in [5, 5.41) is 0. The Hall–Kier alpha value is -1.22. The maximum absolute atomic E-state index is 13.6. The van der Waals surface area contributed by atoms with Gasteiger partial charge in [0.15, 0.2) is 0 Å². The van der Waals surface area contributed by atoms with Crippen LogP contribution in [0.3, 0.4) is 0 Å². The maximum Gasteiger partial charge on any atom is 0.268 e. The van der Waals surface area contributed by atoms with Crippen LogP contribution in [0, 0.1) is 5.41 Å². The smallest absolute Gasteiger partial charge is 0.268 e. The summed E-state index contributed by atoms with van der Waals surface area (Å²) in [5.41, 5.74) is 2.22. The third kappa shape index (κ3) is 3.97. The van der Waals surface area contributed by atoms with E-state index in [0.29, 0.717) is 16.8 Å². The molecule has 2 fully saturated rings. The lowest BCUT2D eigenvalue weighted by atomic mass is 9.66. The fourth-order valence-corrected chi connectivity index (χ4v) is 8.39. The molecule has 3 aliphatic rings. The minimum absolute atomic E-state index is 0.00255. The van der Waals surface area contributed by atoms with Crippen LogP contribution < -0.4 is 9.62 Å². The van der Waals surface area contributed by atoms with Crippen LogP contribution in [0.15, 0.2) is 39.0 Å². The van der Waals surface area contributed by atoms with Crippen LogP contribution in [0.25, 0.3) is 0 Å². The van der Waals surface area contributed by atoms with Crippen molar-refractivity contribution in [3.05, 3.63) is 45.2 Å². The molecule has 1 aromatic carbocycles. The molecule has 8 heteroatoms. The second kappa shape index (κ2) is 7.39. The highest BCUT2D eigenvalue weighted by Crippen LogP contribution is 2.62. The molecule has 32 heavy (non-hydrogen) atoms. The van der Waals surface area contributed by atoms with Crippen LogP contribution in [0.5, 0.6) is 0 Å². The second-order valence-electron chi connectivity index (χ2n) is 10.8. The number of amides is 1. The van der Waals surface area contributed by atoms with Gasteiger partial charge in [-0.1, -0.05) is 15.9 Å². The standard InChI is InChI=1S/C24H29BrN2O3S2/c1-22(2,3)26-32(29,30)20-7-6-19(31-20)21(28)27-15-24(12-10-23(8-9-23)11-13-24)17-14-16(25)4-5-18(17)27/h4-7,14,26H,8-13,15H2,1-3H3. The summed E-state index contributed by atoms with van der Waals surface area (Å²) in [6.07, 6.45) is 7.40. The number of nitrogens with one attached hydrogen (secondary N) is 1. The van der Waals surface area contributed by atoms with E-state index in [1.54, 1.807) is 26.8 Å². The number of thiophene rings is 1. The molecule has 2 saturated carbocycles. The lowest BCUT2D eigenvalue weighted by Gasteiger charge is -2.38. The predicted molar refractivity (Wildman–Crippen MR) is 132 cm³/mol. The van der Waals surface area contributed by atoms with Gasteiger partial charge in [-0.05, 0) is 101 Å². The van der Waals surface area contributed by atoms with Crippen molar-refractivity contribution in [1.29, 1.82) is 0 Å². The van der Waals surface area contributed by atoms with Gasteiger partial charge < -0.3 is 4.90 Å². The first kappa shape index (κ1) is 22.6. The van der Waals surface area contributed by atoms with Gasteiger partial charge in [-0.15, -0.1) is 11.3 Å². The van der Waals surface area contributed by atoms with Gasteiger partial charge in [-0.3, -0.25) is 4.79 Å². The number of nitrogens with zero attached hydrogens (tertiary/aromatic N) is 1. The number of anilines is 1. The fraction of sp³-hybridized carbons (Fsp3) is 0.542. The van der Waals surface area contributed by atoms with Gasteiger partial charge in [-0.2, -0.15) is 0 Å². The highest BCUT2D eigenvalue weighted by molar-refractivity contribution is 9.10. The monoisotopic (exact) mass is 536 g/mol. The second-order valence-corrected chi connectivity index (χ2v) is 14.7. The molecule has 2 aromatic rings. The molecule has 0 unspecified atom stereocenters. The third-order valence-electron chi connectivity index (χ3n) is 7.25. The molecular formula is C24H29BrN2O3S2. The average molecular weight is 538 g/mol. The van der Waals surface area contributed by atoms with Crippen molar-refractivity contribution in [1.82, 2.24) is 4.72 Å². The maximum atomic E-state index is 13.6. The summed E-state index contributed by atoms with van der Waals surface area (Å²) in [6, 6.07) is 9.39. The van der Waals surface area contributed by atoms with Crippen molar-refractivity contribution in [2.45, 2.75) is 74.5 Å². The number of hydrogen-bond donors (Lipinski definition) is 1. The fourth-order valence-electron chi connectivity index (χ4n) is 5.35. The van der Waals surface area contributed by atoms with E-state index >= 15 is 0 Å². The zero-order chi connectivity index (χ0) is 22.9. The molecule has 2 heterocycles. The van der Waals surface area contributed by atoms with Gasteiger partial charge in [0.05, 0.1) is 4.88 Å². The average Bonchev–Trinajstić information content (AvgIpc) is 3.15. The number of fused-ring (bicyclic) bond motifs is 2. The molecule has 2 spiro atoms. The van der Waals surface area contributed by atoms with E-state index in [1.165, 1.54) is 37.3 Å². The van der Waals surface area contributed by atoms with Crippen molar-refractivity contribution in [2.24, 2.45) is 5.41 Å². The molecule has 1 aliphatic heterocycles. The number of sulfonamides is 1. The number of carbonyl (C=O) groups is 1. The molecule has 0 bridgehead atoms. The Balaban J connectivity index is 1.44. The van der Waals surface area contributed by atoms with E-state index in [1.807, 2.05) is 17.0 Å². The van der Waals surface area contributed by atoms with Crippen LogP contribution in [0.4, 0.5) is 5.69 Å². The summed E-state index contributed by atoms with van der Waals surface area (Å²) < 4.78 is 29.3. The number of rotatable bonds is 3. The summed E-state index contributed by atoms with van der Waals surface area (Å²) in [6.45, 7) is 6.09. The Morgan fingerprint density at radius 2 is 1.72 bits per heavy atom. The number of hydrogen-bond acceptors (Lipinski definition) is 4. The minimum Gasteiger partial charge on any atom is -0.306 e. The van der Waals surface area contributed by atoms with E-state index in [2.05, 4.69) is 26.7 Å². The molecule has 0 atom stereocenters. The minimum atomic E-state index is -3.66. The van der Waals surface area contributed by atoms with Crippen molar-refractivity contribution < 1.29 is 13.2 Å². The van der Waals surface area contributed by atoms with E-state index in [4.69, 9.17) is 0 Å². The van der Waals surface area contributed by atoms with Gasteiger partial charge in [0.25, 0.3) is 15.9 Å². The van der Waals surface area contributed by atoms with E-state index in [-0.39, 0.29) is 15.5 Å². The summed E-state index contributed by atoms with van der Waals surface area (Å²) >= 11 is 4.67. The molecule has 5 nitrogen and oxygen atoms in total. The Morgan fingerprint density at radius 3 is 2.34 bits per heavy atom. The van der Waals surface area contributed by atoms with Crippen molar-refractivity contribution in [3.8, 4) is 0 Å². The summed E-state index contributed by atoms with van der Waals surface area (Å²) in [4.78, 5) is 15.9. The Bertz CT molecular complexity index is 1180. The van der Waals surface area contributed by atoms with Crippen molar-refractivity contribution >= 4 is 48.9 Å². The first-order chi connectivity index (χ1) is 14.9. The normalized spacial score (nSPS) is 21.2. The van der Waals surface area contributed by atoms with Gasteiger partial charge in [0.2, 0.25) is 0 Å². The van der Waals surface area contributed by atoms with Crippen LogP contribution in [-0.2, 0) is 15.4 Å². The third-order valence-corrected chi connectivity index (χ3v) is 11.1. The summed E-state index contributed by atoms with van der Waals surface area (Å²) in [7, 11) is -3.66. The Kier molecular flexibility index (Phi) is 5.21. The number of halogens is 1. The van der Waals surface area contributed by atoms with Gasteiger partial charge in [0, 0.05) is 27.7 Å². The number of carbonyl (C=O) groups excluding carboxylic acids is 1. The van der Waals surface area contributed by atoms with E-state index < -0.39 is 15.6 Å². The molecule has 0 saturated heterocycles. The SMILES string of the molecule is CC(C)(C)NS(=O)(=O)c1ccc(C(=O)N2CC3(CCC4(CC4)CC3)c3cc(Br)ccc32)s1. The zero-order valence-electron chi connectivity index (χ0n) is 18.7. The van der Waals surface area contributed by atoms with E-state index in [9.17, 15) is 13.2 Å². The highest BCUT2D eigenvalue weighted by atomic mass is 79.9. The zero-order valence-corrected chi connectivity index (χ0v) is 21.9. The molecule has 1 N–H and O–H groups in total. The molecule has 1 aromatic heterocycles. The first-order valence-corrected chi connectivity index (χ1v) is 14.3. The van der Waals surface area contributed by atoms with Gasteiger partial charge in [0.1, 0.15) is 4.21 Å². The molecule has 172 valence electrons.